The van der Waals surface area contributed by atoms with Crippen molar-refractivity contribution < 1.29 is 14.7 Å². The number of amides is 1. The van der Waals surface area contributed by atoms with Crippen molar-refractivity contribution in [2.45, 2.75) is 20.3 Å². The summed E-state index contributed by atoms with van der Waals surface area (Å²) in [5, 5.41) is 13.3. The summed E-state index contributed by atoms with van der Waals surface area (Å²) in [6.45, 7) is 3.78. The second-order valence-corrected chi connectivity index (χ2v) is 7.34. The monoisotopic (exact) mass is 388 g/mol. The standard InChI is InChI=1S/C21H16N4O4/c1-8-3-9(2)18-11(4-8)17(20(27)28)12-6-16(26)22-13-7-15-14(23-21(29)24-15)5-10(13)19(12)25-18/h3-5,7H,6H2,1-2H3,(H,22,26)(H,27,28)(H2,23,24,29). The van der Waals surface area contributed by atoms with Crippen LogP contribution in [0, 0.1) is 13.8 Å². The number of nitrogens with one attached hydrogen (secondary N) is 3. The Kier molecular flexibility index (Phi) is 3.42. The number of nitrogens with zero attached hydrogens (tertiary/aromatic N) is 1. The molecular formula is C21H16N4O4. The Hall–Kier alpha value is -3.94. The summed E-state index contributed by atoms with van der Waals surface area (Å²) in [7, 11) is 0. The summed E-state index contributed by atoms with van der Waals surface area (Å²) in [6.07, 6.45) is -0.105. The average Bonchev–Trinajstić information content (AvgIpc) is 2.92. The van der Waals surface area contributed by atoms with Crippen molar-refractivity contribution in [2.75, 3.05) is 5.32 Å². The number of aromatic carboxylic acids is 1. The number of H-pyrrole nitrogens is 2. The van der Waals surface area contributed by atoms with E-state index in [-0.39, 0.29) is 23.6 Å². The molecule has 2 aromatic heterocycles. The molecule has 8 nitrogen and oxygen atoms in total. The second-order valence-electron chi connectivity index (χ2n) is 7.34. The van der Waals surface area contributed by atoms with Crippen LogP contribution in [0.1, 0.15) is 27.0 Å². The Bertz CT molecular complexity index is 1450. The Labute approximate surface area is 163 Å². The number of pyridine rings is 1. The molecule has 1 aliphatic heterocycles. The van der Waals surface area contributed by atoms with Crippen molar-refractivity contribution in [2.24, 2.45) is 0 Å². The number of hydrogen-bond donors (Lipinski definition) is 4. The van der Waals surface area contributed by atoms with Gasteiger partial charge in [0.05, 0.1) is 39.9 Å². The Morgan fingerprint density at radius 2 is 1.79 bits per heavy atom. The van der Waals surface area contributed by atoms with E-state index in [4.69, 9.17) is 4.98 Å². The van der Waals surface area contributed by atoms with Gasteiger partial charge < -0.3 is 20.4 Å². The molecule has 0 saturated heterocycles. The fourth-order valence-electron chi connectivity index (χ4n) is 4.14. The summed E-state index contributed by atoms with van der Waals surface area (Å²) in [5.41, 5.74) is 5.01. The number of hydrogen-bond acceptors (Lipinski definition) is 4. The van der Waals surface area contributed by atoms with E-state index in [1.807, 2.05) is 19.9 Å². The number of fused-ring (bicyclic) bond motifs is 5. The number of benzene rings is 2. The molecule has 0 radical (unpaired) electrons. The van der Waals surface area contributed by atoms with E-state index in [9.17, 15) is 19.5 Å². The van der Waals surface area contributed by atoms with Gasteiger partial charge in [-0.1, -0.05) is 11.6 Å². The lowest BCUT2D eigenvalue weighted by atomic mass is 9.93. The van der Waals surface area contributed by atoms with Crippen LogP contribution in [0.3, 0.4) is 0 Å². The highest BCUT2D eigenvalue weighted by atomic mass is 16.4. The molecule has 0 fully saturated rings. The largest absolute Gasteiger partial charge is 0.478 e. The lowest BCUT2D eigenvalue weighted by molar-refractivity contribution is -0.115. The predicted molar refractivity (Wildman–Crippen MR) is 108 cm³/mol. The van der Waals surface area contributed by atoms with Crippen molar-refractivity contribution in [3.63, 3.8) is 0 Å². The Morgan fingerprint density at radius 1 is 1.07 bits per heavy atom. The molecule has 2 aromatic carbocycles. The molecule has 5 rings (SSSR count). The van der Waals surface area contributed by atoms with Gasteiger partial charge in [-0.3, -0.25) is 4.79 Å². The molecule has 0 atom stereocenters. The number of aryl methyl sites for hydroxylation is 2. The first-order chi connectivity index (χ1) is 13.8. The van der Waals surface area contributed by atoms with Gasteiger partial charge in [-0.25, -0.2) is 14.6 Å². The van der Waals surface area contributed by atoms with Gasteiger partial charge in [0.2, 0.25) is 5.91 Å². The first kappa shape index (κ1) is 17.2. The Morgan fingerprint density at radius 3 is 2.52 bits per heavy atom. The minimum atomic E-state index is -1.11. The summed E-state index contributed by atoms with van der Waals surface area (Å²) in [6, 6.07) is 7.10. The van der Waals surface area contributed by atoms with E-state index in [2.05, 4.69) is 15.3 Å². The van der Waals surface area contributed by atoms with Crippen molar-refractivity contribution in [3.8, 4) is 11.3 Å². The van der Waals surface area contributed by atoms with Crippen molar-refractivity contribution in [1.29, 1.82) is 0 Å². The maximum Gasteiger partial charge on any atom is 0.336 e. The topological polar surface area (TPSA) is 128 Å². The maximum absolute atomic E-state index is 12.6. The predicted octanol–water partition coefficient (Wildman–Crippen LogP) is 2.88. The van der Waals surface area contributed by atoms with Crippen LogP contribution in [0.25, 0.3) is 33.2 Å². The zero-order chi connectivity index (χ0) is 20.4. The lowest BCUT2D eigenvalue weighted by Crippen LogP contribution is -2.15. The highest BCUT2D eigenvalue weighted by Crippen LogP contribution is 2.39. The van der Waals surface area contributed by atoms with Gasteiger partial charge in [0.15, 0.2) is 0 Å². The van der Waals surface area contributed by atoms with Crippen LogP contribution < -0.4 is 11.0 Å². The van der Waals surface area contributed by atoms with E-state index < -0.39 is 5.97 Å². The number of aromatic amines is 2. The molecule has 0 unspecified atom stereocenters. The third kappa shape index (κ3) is 2.53. The Balaban J connectivity index is 1.97. The zero-order valence-corrected chi connectivity index (χ0v) is 15.6. The van der Waals surface area contributed by atoms with E-state index >= 15 is 0 Å². The number of aromatic nitrogens is 3. The molecular weight excluding hydrogens is 372 g/mol. The lowest BCUT2D eigenvalue weighted by Gasteiger charge is -2.15. The number of carboxylic acids is 1. The van der Waals surface area contributed by atoms with E-state index in [1.54, 1.807) is 18.2 Å². The molecule has 0 bridgehead atoms. The average molecular weight is 388 g/mol. The summed E-state index contributed by atoms with van der Waals surface area (Å²) in [4.78, 5) is 46.7. The van der Waals surface area contributed by atoms with Gasteiger partial charge in [-0.05, 0) is 37.6 Å². The molecule has 3 heterocycles. The van der Waals surface area contributed by atoms with Crippen LogP contribution in [0.2, 0.25) is 0 Å². The van der Waals surface area contributed by atoms with E-state index in [0.29, 0.717) is 44.4 Å². The van der Waals surface area contributed by atoms with Gasteiger partial charge in [0, 0.05) is 16.5 Å². The number of carbonyl (C=O) groups is 2. The molecule has 29 heavy (non-hydrogen) atoms. The normalized spacial score (nSPS) is 13.1. The third-order valence-electron chi connectivity index (χ3n) is 5.26. The highest BCUT2D eigenvalue weighted by molar-refractivity contribution is 6.11. The molecule has 1 amide bonds. The summed E-state index contributed by atoms with van der Waals surface area (Å²) >= 11 is 0. The van der Waals surface area contributed by atoms with Crippen LogP contribution >= 0.6 is 0 Å². The highest BCUT2D eigenvalue weighted by Gasteiger charge is 2.28. The number of imidazole rings is 1. The van der Waals surface area contributed by atoms with Gasteiger partial charge in [-0.2, -0.15) is 0 Å². The summed E-state index contributed by atoms with van der Waals surface area (Å²) < 4.78 is 0. The molecule has 1 aliphatic rings. The fraction of sp³-hybridized carbons (Fsp3) is 0.143. The first-order valence-electron chi connectivity index (χ1n) is 9.05. The SMILES string of the molecule is Cc1cc(C)c2nc3c(c(C(=O)O)c2c1)CC(=O)Nc1cc2[nH]c(=O)[nH]c2cc1-3. The van der Waals surface area contributed by atoms with Gasteiger partial charge >= 0.3 is 11.7 Å². The molecule has 0 spiro atoms. The third-order valence-corrected chi connectivity index (χ3v) is 5.26. The fourth-order valence-corrected chi connectivity index (χ4v) is 4.14. The minimum Gasteiger partial charge on any atom is -0.478 e. The molecule has 4 aromatic rings. The van der Waals surface area contributed by atoms with Crippen molar-refractivity contribution in [1.82, 2.24) is 15.0 Å². The summed E-state index contributed by atoms with van der Waals surface area (Å²) in [5.74, 6) is -1.44. The van der Waals surface area contributed by atoms with Crippen LogP contribution in [-0.2, 0) is 11.2 Å². The van der Waals surface area contributed by atoms with Crippen LogP contribution in [0.15, 0.2) is 29.1 Å². The van der Waals surface area contributed by atoms with Crippen LogP contribution in [0.4, 0.5) is 5.69 Å². The number of carboxylic acid groups (broad SMARTS) is 1. The molecule has 0 saturated carbocycles. The van der Waals surface area contributed by atoms with Gasteiger partial charge in [-0.15, -0.1) is 0 Å². The van der Waals surface area contributed by atoms with Crippen LogP contribution in [-0.4, -0.2) is 31.9 Å². The van der Waals surface area contributed by atoms with E-state index in [1.165, 1.54) is 0 Å². The van der Waals surface area contributed by atoms with E-state index in [0.717, 1.165) is 11.1 Å². The van der Waals surface area contributed by atoms with Gasteiger partial charge in [0.25, 0.3) is 0 Å². The van der Waals surface area contributed by atoms with Crippen molar-refractivity contribution in [3.05, 3.63) is 57.0 Å². The quantitative estimate of drug-likeness (QED) is 0.399. The molecule has 4 N–H and O–H groups in total. The molecule has 144 valence electrons. The van der Waals surface area contributed by atoms with Crippen molar-refractivity contribution >= 4 is 39.5 Å². The smallest absolute Gasteiger partial charge is 0.336 e. The minimum absolute atomic E-state index is 0.0856. The van der Waals surface area contributed by atoms with Gasteiger partial charge in [0.1, 0.15) is 0 Å². The second kappa shape index (κ2) is 5.78. The molecule has 8 heteroatoms. The van der Waals surface area contributed by atoms with Crippen LogP contribution in [0.5, 0.6) is 0 Å². The number of carbonyl (C=O) groups excluding carboxylic acids is 1. The molecule has 0 aliphatic carbocycles. The zero-order valence-electron chi connectivity index (χ0n) is 15.6. The maximum atomic E-state index is 12.6. The first-order valence-corrected chi connectivity index (χ1v) is 9.05. The number of anilines is 1. The number of rotatable bonds is 1.